The lowest BCUT2D eigenvalue weighted by molar-refractivity contribution is 0.104. The molecule has 0 unspecified atom stereocenters. The Morgan fingerprint density at radius 3 is 2.48 bits per heavy atom. The SMILES string of the molecule is Cc1ccc(C(=O)c2sc(NC(C)C)c(C#N)c2N)cc1. The van der Waals surface area contributed by atoms with Gasteiger partial charge in [-0.3, -0.25) is 4.79 Å². The van der Waals surface area contributed by atoms with Crippen molar-refractivity contribution in [3.63, 3.8) is 0 Å². The van der Waals surface area contributed by atoms with Crippen molar-refractivity contribution in [1.82, 2.24) is 0 Å². The van der Waals surface area contributed by atoms with Crippen LogP contribution >= 0.6 is 11.3 Å². The second kappa shape index (κ2) is 5.98. The number of carbonyl (C=O) groups excluding carboxylic acids is 1. The quantitative estimate of drug-likeness (QED) is 0.846. The van der Waals surface area contributed by atoms with Crippen molar-refractivity contribution in [1.29, 1.82) is 5.26 Å². The highest BCUT2D eigenvalue weighted by Gasteiger charge is 2.22. The number of rotatable bonds is 4. The van der Waals surface area contributed by atoms with Crippen molar-refractivity contribution >= 4 is 27.8 Å². The molecule has 21 heavy (non-hydrogen) atoms. The zero-order valence-electron chi connectivity index (χ0n) is 12.2. The predicted molar refractivity (Wildman–Crippen MR) is 86.8 cm³/mol. The summed E-state index contributed by atoms with van der Waals surface area (Å²) in [6.45, 7) is 5.91. The molecule has 0 fully saturated rings. The molecule has 0 aliphatic carbocycles. The number of hydrogen-bond acceptors (Lipinski definition) is 5. The molecule has 0 spiro atoms. The van der Waals surface area contributed by atoms with Crippen LogP contribution in [0.1, 0.15) is 40.2 Å². The number of thiophene rings is 1. The fourth-order valence-corrected chi connectivity index (χ4v) is 3.10. The summed E-state index contributed by atoms with van der Waals surface area (Å²) in [7, 11) is 0. The molecule has 5 heteroatoms. The lowest BCUT2D eigenvalue weighted by Gasteiger charge is -2.06. The number of aryl methyl sites for hydroxylation is 1. The first-order valence-corrected chi connectivity index (χ1v) is 7.46. The van der Waals surface area contributed by atoms with E-state index in [1.54, 1.807) is 12.1 Å². The maximum absolute atomic E-state index is 12.5. The molecular formula is C16H17N3OS. The molecule has 0 amide bonds. The molecule has 0 saturated heterocycles. The lowest BCUT2D eigenvalue weighted by Crippen LogP contribution is -2.09. The number of nitrogen functional groups attached to an aromatic ring is 1. The van der Waals surface area contributed by atoms with Crippen LogP contribution in [0.15, 0.2) is 24.3 Å². The van der Waals surface area contributed by atoms with Gasteiger partial charge >= 0.3 is 0 Å². The van der Waals surface area contributed by atoms with Crippen LogP contribution in [0.4, 0.5) is 10.7 Å². The Labute approximate surface area is 128 Å². The van der Waals surface area contributed by atoms with Crippen molar-refractivity contribution in [2.75, 3.05) is 11.1 Å². The number of carbonyl (C=O) groups is 1. The van der Waals surface area contributed by atoms with Crippen LogP contribution in [-0.4, -0.2) is 11.8 Å². The van der Waals surface area contributed by atoms with Gasteiger partial charge in [0.15, 0.2) is 0 Å². The smallest absolute Gasteiger partial charge is 0.205 e. The van der Waals surface area contributed by atoms with E-state index in [0.29, 0.717) is 21.0 Å². The second-order valence-corrected chi connectivity index (χ2v) is 6.18. The third-order valence-corrected chi connectivity index (χ3v) is 4.13. The third kappa shape index (κ3) is 3.06. The fourth-order valence-electron chi connectivity index (χ4n) is 1.92. The number of nitrogens with one attached hydrogen (secondary N) is 1. The molecule has 1 heterocycles. The minimum absolute atomic E-state index is 0.147. The minimum atomic E-state index is -0.147. The molecule has 0 bridgehead atoms. The molecular weight excluding hydrogens is 282 g/mol. The maximum Gasteiger partial charge on any atom is 0.205 e. The highest BCUT2D eigenvalue weighted by atomic mass is 32.1. The van der Waals surface area contributed by atoms with Gasteiger partial charge in [0.2, 0.25) is 5.78 Å². The number of nitriles is 1. The second-order valence-electron chi connectivity index (χ2n) is 5.15. The lowest BCUT2D eigenvalue weighted by atomic mass is 10.1. The van der Waals surface area contributed by atoms with E-state index < -0.39 is 0 Å². The highest BCUT2D eigenvalue weighted by Crippen LogP contribution is 2.36. The number of ketones is 1. The van der Waals surface area contributed by atoms with Crippen LogP contribution in [0.25, 0.3) is 0 Å². The summed E-state index contributed by atoms with van der Waals surface area (Å²) in [6.07, 6.45) is 0. The van der Waals surface area contributed by atoms with E-state index >= 15 is 0 Å². The topological polar surface area (TPSA) is 78.9 Å². The van der Waals surface area contributed by atoms with Gasteiger partial charge < -0.3 is 11.1 Å². The Morgan fingerprint density at radius 2 is 1.95 bits per heavy atom. The maximum atomic E-state index is 12.5. The Morgan fingerprint density at radius 1 is 1.33 bits per heavy atom. The van der Waals surface area contributed by atoms with E-state index in [0.717, 1.165) is 5.56 Å². The molecule has 0 aliphatic heterocycles. The third-order valence-electron chi connectivity index (χ3n) is 3.00. The molecule has 4 nitrogen and oxygen atoms in total. The number of nitrogens with two attached hydrogens (primary N) is 1. The van der Waals surface area contributed by atoms with Crippen LogP contribution in [-0.2, 0) is 0 Å². The molecule has 2 rings (SSSR count). The molecule has 3 N–H and O–H groups in total. The molecule has 1 aromatic carbocycles. The Bertz CT molecular complexity index is 708. The first-order chi connectivity index (χ1) is 9.93. The number of benzene rings is 1. The first kappa shape index (κ1) is 15.1. The van der Waals surface area contributed by atoms with Gasteiger partial charge in [-0.2, -0.15) is 5.26 Å². The van der Waals surface area contributed by atoms with E-state index in [2.05, 4.69) is 11.4 Å². The van der Waals surface area contributed by atoms with Gasteiger partial charge in [0.05, 0.1) is 5.69 Å². The van der Waals surface area contributed by atoms with Crippen molar-refractivity contribution < 1.29 is 4.79 Å². The van der Waals surface area contributed by atoms with E-state index in [4.69, 9.17) is 5.73 Å². The van der Waals surface area contributed by atoms with E-state index in [1.807, 2.05) is 32.9 Å². The van der Waals surface area contributed by atoms with Gasteiger partial charge in [0.1, 0.15) is 21.5 Å². The largest absolute Gasteiger partial charge is 0.396 e. The van der Waals surface area contributed by atoms with Crippen molar-refractivity contribution in [3.8, 4) is 6.07 Å². The van der Waals surface area contributed by atoms with E-state index in [1.165, 1.54) is 11.3 Å². The number of hydrogen-bond donors (Lipinski definition) is 2. The van der Waals surface area contributed by atoms with E-state index in [-0.39, 0.29) is 17.5 Å². The highest BCUT2D eigenvalue weighted by molar-refractivity contribution is 7.19. The van der Waals surface area contributed by atoms with Crippen molar-refractivity contribution in [2.45, 2.75) is 26.8 Å². The summed E-state index contributed by atoms with van der Waals surface area (Å²) < 4.78 is 0. The van der Waals surface area contributed by atoms with Gasteiger partial charge in [0, 0.05) is 11.6 Å². The summed E-state index contributed by atoms with van der Waals surface area (Å²) in [5, 5.41) is 13.1. The zero-order chi connectivity index (χ0) is 15.6. The summed E-state index contributed by atoms with van der Waals surface area (Å²) in [5.41, 5.74) is 8.26. The van der Waals surface area contributed by atoms with Crippen LogP contribution in [0.5, 0.6) is 0 Å². The average molecular weight is 299 g/mol. The summed E-state index contributed by atoms with van der Waals surface area (Å²) in [6, 6.07) is 9.56. The van der Waals surface area contributed by atoms with Gasteiger partial charge in [-0.25, -0.2) is 0 Å². The first-order valence-electron chi connectivity index (χ1n) is 6.64. The Hall–Kier alpha value is -2.32. The van der Waals surface area contributed by atoms with E-state index in [9.17, 15) is 10.1 Å². The normalized spacial score (nSPS) is 10.4. The number of anilines is 2. The predicted octanol–water partition coefficient (Wildman–Crippen LogP) is 3.56. The van der Waals surface area contributed by atoms with Crippen molar-refractivity contribution in [2.24, 2.45) is 0 Å². The Balaban J connectivity index is 2.44. The summed E-state index contributed by atoms with van der Waals surface area (Å²) in [5.74, 6) is -0.147. The molecule has 1 aromatic heterocycles. The monoisotopic (exact) mass is 299 g/mol. The zero-order valence-corrected chi connectivity index (χ0v) is 13.0. The van der Waals surface area contributed by atoms with Gasteiger partial charge in [-0.1, -0.05) is 29.8 Å². The summed E-state index contributed by atoms with van der Waals surface area (Å²) >= 11 is 1.24. The Kier molecular flexibility index (Phi) is 4.29. The molecule has 2 aromatic rings. The average Bonchev–Trinajstić information content (AvgIpc) is 2.74. The standard InChI is InChI=1S/C16H17N3OS/c1-9(2)19-16-12(8-17)13(18)15(21-16)14(20)11-6-4-10(3)5-7-11/h4-7,9,19H,18H2,1-3H3. The van der Waals surface area contributed by atoms with Crippen LogP contribution in [0.2, 0.25) is 0 Å². The summed E-state index contributed by atoms with van der Waals surface area (Å²) in [4.78, 5) is 13.0. The fraction of sp³-hybridized carbons (Fsp3) is 0.250. The minimum Gasteiger partial charge on any atom is -0.396 e. The van der Waals surface area contributed by atoms with Crippen LogP contribution in [0.3, 0.4) is 0 Å². The van der Waals surface area contributed by atoms with Gasteiger partial charge in [-0.15, -0.1) is 11.3 Å². The van der Waals surface area contributed by atoms with Crippen molar-refractivity contribution in [3.05, 3.63) is 45.8 Å². The molecule has 0 radical (unpaired) electrons. The molecule has 0 aliphatic rings. The van der Waals surface area contributed by atoms with Gasteiger partial charge in [0.25, 0.3) is 0 Å². The molecule has 0 saturated carbocycles. The number of nitrogens with zero attached hydrogens (tertiary/aromatic N) is 1. The molecule has 108 valence electrons. The van der Waals surface area contributed by atoms with Crippen LogP contribution in [0, 0.1) is 18.3 Å². The molecule has 0 atom stereocenters. The van der Waals surface area contributed by atoms with Gasteiger partial charge in [-0.05, 0) is 20.8 Å². The van der Waals surface area contributed by atoms with Crippen LogP contribution < -0.4 is 11.1 Å².